The molecule has 0 atom stereocenters. The number of rotatable bonds is 4. The zero-order valence-corrected chi connectivity index (χ0v) is 15.7. The molecule has 5 rings (SSSR count). The van der Waals surface area contributed by atoms with Gasteiger partial charge in [0.1, 0.15) is 5.82 Å². The summed E-state index contributed by atoms with van der Waals surface area (Å²) < 4.78 is 15.2. The van der Waals surface area contributed by atoms with E-state index in [9.17, 15) is 9.50 Å². The molecule has 4 aromatic rings. The summed E-state index contributed by atoms with van der Waals surface area (Å²) in [6.07, 6.45) is 8.24. The summed E-state index contributed by atoms with van der Waals surface area (Å²) in [6, 6.07) is 11.7. The molecule has 3 heterocycles. The van der Waals surface area contributed by atoms with Crippen LogP contribution in [0.1, 0.15) is 25.7 Å². The number of aromatic nitrogens is 4. The Bertz CT molecular complexity index is 1170. The molecule has 1 saturated carbocycles. The third-order valence-corrected chi connectivity index (χ3v) is 5.33. The number of benzene rings is 1. The fraction of sp³-hybridized carbons (Fsp3) is 0.227. The average Bonchev–Trinajstić information content (AvgIpc) is 3.37. The Morgan fingerprint density at radius 3 is 2.62 bits per heavy atom. The van der Waals surface area contributed by atoms with E-state index in [1.54, 1.807) is 34.9 Å². The molecule has 0 unspecified atom stereocenters. The molecule has 1 fully saturated rings. The van der Waals surface area contributed by atoms with E-state index < -0.39 is 0 Å². The van der Waals surface area contributed by atoms with E-state index in [2.05, 4.69) is 15.3 Å². The molecule has 6 nitrogen and oxygen atoms in total. The van der Waals surface area contributed by atoms with Gasteiger partial charge in [0, 0.05) is 24.0 Å². The standard InChI is InChI=1S/C22H20FN5O/c23-15-9-7-14(8-10-15)19-20(28-13-3-6-18(29)21(28)27-19)17-11-12-24-22(26-17)25-16-4-1-2-5-16/h3,6-13,16,29H,1-2,4-5H2,(H,24,25,26). The van der Waals surface area contributed by atoms with Gasteiger partial charge in [0.2, 0.25) is 5.95 Å². The fourth-order valence-corrected chi connectivity index (χ4v) is 3.92. The molecule has 146 valence electrons. The number of pyridine rings is 1. The monoisotopic (exact) mass is 389 g/mol. The van der Waals surface area contributed by atoms with Gasteiger partial charge in [0.25, 0.3) is 0 Å². The lowest BCUT2D eigenvalue weighted by Crippen LogP contribution is -2.16. The van der Waals surface area contributed by atoms with Crippen LogP contribution in [0.2, 0.25) is 0 Å². The average molecular weight is 389 g/mol. The second kappa shape index (κ2) is 7.16. The van der Waals surface area contributed by atoms with Crippen molar-refractivity contribution in [3.05, 3.63) is 60.7 Å². The summed E-state index contributed by atoms with van der Waals surface area (Å²) in [7, 11) is 0. The third kappa shape index (κ3) is 3.29. The molecule has 1 aromatic carbocycles. The highest BCUT2D eigenvalue weighted by Crippen LogP contribution is 2.34. The normalized spacial score (nSPS) is 14.5. The molecule has 0 aliphatic heterocycles. The van der Waals surface area contributed by atoms with Crippen molar-refractivity contribution in [3.8, 4) is 28.4 Å². The molecule has 29 heavy (non-hydrogen) atoms. The van der Waals surface area contributed by atoms with Crippen LogP contribution < -0.4 is 5.32 Å². The number of nitrogens with zero attached hydrogens (tertiary/aromatic N) is 4. The molecule has 2 N–H and O–H groups in total. The minimum absolute atomic E-state index is 0.0699. The molecule has 0 radical (unpaired) electrons. The van der Waals surface area contributed by atoms with Crippen molar-refractivity contribution in [2.24, 2.45) is 0 Å². The number of aromatic hydroxyl groups is 1. The van der Waals surface area contributed by atoms with Crippen LogP contribution in [0.15, 0.2) is 54.9 Å². The van der Waals surface area contributed by atoms with Crippen molar-refractivity contribution in [2.75, 3.05) is 5.32 Å². The van der Waals surface area contributed by atoms with E-state index in [1.165, 1.54) is 25.0 Å². The summed E-state index contributed by atoms with van der Waals surface area (Å²) in [4.78, 5) is 13.7. The lowest BCUT2D eigenvalue weighted by molar-refractivity contribution is 0.477. The molecule has 0 amide bonds. The molecule has 0 bridgehead atoms. The number of hydrogen-bond acceptors (Lipinski definition) is 5. The highest BCUT2D eigenvalue weighted by molar-refractivity contribution is 5.82. The van der Waals surface area contributed by atoms with Crippen LogP contribution in [0.5, 0.6) is 5.75 Å². The van der Waals surface area contributed by atoms with E-state index in [1.807, 2.05) is 12.3 Å². The first kappa shape index (κ1) is 17.6. The van der Waals surface area contributed by atoms with Crippen LogP contribution >= 0.6 is 0 Å². The Kier molecular flexibility index (Phi) is 4.35. The van der Waals surface area contributed by atoms with Crippen LogP contribution in [0.3, 0.4) is 0 Å². The molecule has 7 heteroatoms. The summed E-state index contributed by atoms with van der Waals surface area (Å²) in [5.74, 6) is 0.335. The van der Waals surface area contributed by atoms with Crippen molar-refractivity contribution < 1.29 is 9.50 Å². The summed E-state index contributed by atoms with van der Waals surface area (Å²) in [6.45, 7) is 0. The van der Waals surface area contributed by atoms with Gasteiger partial charge in [-0.15, -0.1) is 0 Å². The maximum absolute atomic E-state index is 13.4. The Morgan fingerprint density at radius 2 is 1.83 bits per heavy atom. The van der Waals surface area contributed by atoms with Crippen LogP contribution in [0.4, 0.5) is 10.3 Å². The number of nitrogens with one attached hydrogen (secondary N) is 1. The van der Waals surface area contributed by atoms with Gasteiger partial charge < -0.3 is 10.4 Å². The van der Waals surface area contributed by atoms with Crippen molar-refractivity contribution in [3.63, 3.8) is 0 Å². The van der Waals surface area contributed by atoms with E-state index in [4.69, 9.17) is 4.98 Å². The summed E-state index contributed by atoms with van der Waals surface area (Å²) >= 11 is 0. The first-order valence-corrected chi connectivity index (χ1v) is 9.75. The summed E-state index contributed by atoms with van der Waals surface area (Å²) in [5.41, 5.74) is 3.19. The second-order valence-electron chi connectivity index (χ2n) is 7.29. The van der Waals surface area contributed by atoms with Crippen LogP contribution in [-0.4, -0.2) is 30.5 Å². The van der Waals surface area contributed by atoms with Gasteiger partial charge in [0.05, 0.1) is 17.1 Å². The molecule has 1 aliphatic carbocycles. The molecular formula is C22H20FN5O. The van der Waals surface area contributed by atoms with Gasteiger partial charge >= 0.3 is 0 Å². The van der Waals surface area contributed by atoms with E-state index in [0.717, 1.165) is 24.1 Å². The zero-order valence-electron chi connectivity index (χ0n) is 15.7. The molecule has 0 spiro atoms. The largest absolute Gasteiger partial charge is 0.504 e. The maximum Gasteiger partial charge on any atom is 0.223 e. The number of anilines is 1. The maximum atomic E-state index is 13.4. The Balaban J connectivity index is 1.66. The van der Waals surface area contributed by atoms with Gasteiger partial charge in [-0.05, 0) is 55.3 Å². The number of halogens is 1. The Labute approximate surface area is 167 Å². The highest BCUT2D eigenvalue weighted by atomic mass is 19.1. The third-order valence-electron chi connectivity index (χ3n) is 5.33. The molecule has 1 aliphatic rings. The van der Waals surface area contributed by atoms with E-state index >= 15 is 0 Å². The quantitative estimate of drug-likeness (QED) is 0.531. The van der Waals surface area contributed by atoms with E-state index in [0.29, 0.717) is 29.0 Å². The van der Waals surface area contributed by atoms with Crippen molar-refractivity contribution in [2.45, 2.75) is 31.7 Å². The first-order valence-electron chi connectivity index (χ1n) is 9.75. The Hall–Kier alpha value is -3.48. The van der Waals surface area contributed by atoms with E-state index in [-0.39, 0.29) is 11.6 Å². The van der Waals surface area contributed by atoms with Gasteiger partial charge in [-0.25, -0.2) is 19.3 Å². The zero-order chi connectivity index (χ0) is 19.8. The lowest BCUT2D eigenvalue weighted by Gasteiger charge is -2.12. The molecule has 3 aromatic heterocycles. The molecule has 0 saturated heterocycles. The van der Waals surface area contributed by atoms with Crippen LogP contribution in [0.25, 0.3) is 28.3 Å². The predicted molar refractivity (Wildman–Crippen MR) is 109 cm³/mol. The SMILES string of the molecule is Oc1cccn2c(-c3ccnc(NC4CCCC4)n3)c(-c3ccc(F)cc3)nc12. The second-order valence-corrected chi connectivity index (χ2v) is 7.29. The van der Waals surface area contributed by atoms with Gasteiger partial charge in [-0.3, -0.25) is 4.40 Å². The number of fused-ring (bicyclic) bond motifs is 1. The predicted octanol–water partition coefficient (Wildman–Crippen LogP) is 4.66. The number of hydrogen-bond donors (Lipinski definition) is 2. The molecular weight excluding hydrogens is 369 g/mol. The first-order chi connectivity index (χ1) is 14.2. The van der Waals surface area contributed by atoms with Crippen molar-refractivity contribution >= 4 is 11.6 Å². The van der Waals surface area contributed by atoms with Crippen LogP contribution in [0, 0.1) is 5.82 Å². The highest BCUT2D eigenvalue weighted by Gasteiger charge is 2.20. The minimum atomic E-state index is -0.313. The summed E-state index contributed by atoms with van der Waals surface area (Å²) in [5, 5.41) is 13.7. The topological polar surface area (TPSA) is 75.3 Å². The number of imidazole rings is 1. The van der Waals surface area contributed by atoms with Gasteiger partial charge in [0.15, 0.2) is 11.4 Å². The Morgan fingerprint density at radius 1 is 1.03 bits per heavy atom. The minimum Gasteiger partial charge on any atom is -0.504 e. The fourth-order valence-electron chi connectivity index (χ4n) is 3.92. The van der Waals surface area contributed by atoms with Crippen molar-refractivity contribution in [1.29, 1.82) is 0 Å². The van der Waals surface area contributed by atoms with Gasteiger partial charge in [-0.1, -0.05) is 12.8 Å². The van der Waals surface area contributed by atoms with Crippen molar-refractivity contribution in [1.82, 2.24) is 19.4 Å². The van der Waals surface area contributed by atoms with Gasteiger partial charge in [-0.2, -0.15) is 0 Å². The smallest absolute Gasteiger partial charge is 0.223 e. The lowest BCUT2D eigenvalue weighted by atomic mass is 10.1. The van der Waals surface area contributed by atoms with Crippen LogP contribution in [-0.2, 0) is 0 Å².